The lowest BCUT2D eigenvalue weighted by Crippen LogP contribution is -2.44. The Balaban J connectivity index is 2.21. The normalized spacial score (nSPS) is 12.2. The van der Waals surface area contributed by atoms with Crippen molar-refractivity contribution in [2.45, 2.75) is 33.7 Å². The van der Waals surface area contributed by atoms with E-state index in [-0.39, 0.29) is 11.6 Å². The van der Waals surface area contributed by atoms with Crippen LogP contribution in [0.2, 0.25) is 0 Å². The Morgan fingerprint density at radius 1 is 1.22 bits per heavy atom. The first-order valence-electron chi connectivity index (χ1n) is 7.46. The molecule has 0 bridgehead atoms. The maximum atomic E-state index is 12.2. The number of carboxylic acid groups (broad SMARTS) is 1. The molecular weight excluding hydrogens is 294 g/mol. The van der Waals surface area contributed by atoms with Gasteiger partial charge in [-0.1, -0.05) is 37.6 Å². The minimum Gasteiger partial charge on any atom is -0.480 e. The predicted molar refractivity (Wildman–Crippen MR) is 87.2 cm³/mol. The number of hydrogen-bond acceptors (Lipinski definition) is 3. The van der Waals surface area contributed by atoms with Gasteiger partial charge in [-0.25, -0.2) is 4.79 Å². The Kier molecular flexibility index (Phi) is 4.83. The number of nitrogens with one attached hydrogen (secondary N) is 2. The lowest BCUT2D eigenvalue weighted by molar-refractivity contribution is -0.140. The summed E-state index contributed by atoms with van der Waals surface area (Å²) in [4.78, 5) is 23.4. The van der Waals surface area contributed by atoms with Crippen LogP contribution in [0.3, 0.4) is 0 Å². The third-order valence-corrected chi connectivity index (χ3v) is 3.70. The van der Waals surface area contributed by atoms with Crippen LogP contribution < -0.4 is 5.32 Å². The number of H-pyrrole nitrogens is 1. The van der Waals surface area contributed by atoms with Gasteiger partial charge in [0.2, 0.25) is 0 Å². The summed E-state index contributed by atoms with van der Waals surface area (Å²) >= 11 is 0. The molecule has 1 atom stereocenters. The number of aliphatic carboxylic acids is 1. The van der Waals surface area contributed by atoms with Crippen molar-refractivity contribution in [3.05, 3.63) is 41.1 Å². The average Bonchev–Trinajstić information content (AvgIpc) is 2.93. The molecule has 1 heterocycles. The van der Waals surface area contributed by atoms with Crippen molar-refractivity contribution in [2.24, 2.45) is 5.92 Å². The number of rotatable bonds is 5. The second-order valence-electron chi connectivity index (χ2n) is 6.02. The fraction of sp³-hybridized carbons (Fsp3) is 0.353. The minimum absolute atomic E-state index is 0.210. The third-order valence-electron chi connectivity index (χ3n) is 3.70. The number of nitrogens with zero attached hydrogens (tertiary/aromatic N) is 1. The van der Waals surface area contributed by atoms with E-state index in [0.29, 0.717) is 5.69 Å². The number of aromatic amines is 1. The molecule has 0 aliphatic carbocycles. The Labute approximate surface area is 134 Å². The van der Waals surface area contributed by atoms with Crippen molar-refractivity contribution in [3.8, 4) is 11.3 Å². The van der Waals surface area contributed by atoms with E-state index in [1.807, 2.05) is 32.0 Å². The number of aryl methyl sites for hydroxylation is 2. The zero-order chi connectivity index (χ0) is 17.1. The number of aromatic nitrogens is 2. The highest BCUT2D eigenvalue weighted by Crippen LogP contribution is 2.23. The summed E-state index contributed by atoms with van der Waals surface area (Å²) in [6.07, 6.45) is 0. The van der Waals surface area contributed by atoms with Gasteiger partial charge in [0.25, 0.3) is 5.91 Å². The zero-order valence-electron chi connectivity index (χ0n) is 13.7. The average molecular weight is 315 g/mol. The quantitative estimate of drug-likeness (QED) is 0.790. The van der Waals surface area contributed by atoms with Gasteiger partial charge in [0.05, 0.1) is 5.69 Å². The van der Waals surface area contributed by atoms with Crippen LogP contribution in [0, 0.1) is 19.8 Å². The van der Waals surface area contributed by atoms with Gasteiger partial charge >= 0.3 is 5.97 Å². The molecule has 2 rings (SSSR count). The van der Waals surface area contributed by atoms with E-state index in [1.165, 1.54) is 0 Å². The van der Waals surface area contributed by atoms with Crippen molar-refractivity contribution in [1.29, 1.82) is 0 Å². The van der Waals surface area contributed by atoms with E-state index in [9.17, 15) is 9.59 Å². The molecule has 0 aliphatic rings. The number of amides is 1. The summed E-state index contributed by atoms with van der Waals surface area (Å²) in [6, 6.07) is 6.68. The summed E-state index contributed by atoms with van der Waals surface area (Å²) in [5, 5.41) is 18.5. The van der Waals surface area contributed by atoms with Crippen LogP contribution in [0.25, 0.3) is 11.3 Å². The van der Waals surface area contributed by atoms with Crippen molar-refractivity contribution in [1.82, 2.24) is 15.5 Å². The van der Waals surface area contributed by atoms with Gasteiger partial charge in [-0.15, -0.1) is 0 Å². The first-order valence-corrected chi connectivity index (χ1v) is 7.46. The molecule has 1 aromatic carbocycles. The van der Waals surface area contributed by atoms with Crippen LogP contribution in [-0.4, -0.2) is 33.2 Å². The maximum absolute atomic E-state index is 12.2. The standard InChI is InChI=1S/C17H21N3O3/c1-9(2)15(17(22)23)18-16(21)14-8-13(19-20-14)12-6-5-10(3)7-11(12)4/h5-9,15H,1-4H3,(H,18,21)(H,19,20)(H,22,23)/t15-/m1/s1. The lowest BCUT2D eigenvalue weighted by Gasteiger charge is -2.17. The number of carbonyl (C=O) groups excluding carboxylic acids is 1. The van der Waals surface area contributed by atoms with Crippen LogP contribution in [0.1, 0.15) is 35.5 Å². The molecule has 0 saturated heterocycles. The van der Waals surface area contributed by atoms with Crippen LogP contribution >= 0.6 is 0 Å². The largest absolute Gasteiger partial charge is 0.480 e. The summed E-state index contributed by atoms with van der Waals surface area (Å²) in [6.45, 7) is 7.48. The fourth-order valence-electron chi connectivity index (χ4n) is 2.41. The van der Waals surface area contributed by atoms with E-state index < -0.39 is 17.9 Å². The van der Waals surface area contributed by atoms with E-state index in [1.54, 1.807) is 19.9 Å². The number of hydrogen-bond donors (Lipinski definition) is 3. The van der Waals surface area contributed by atoms with Gasteiger partial charge in [0.1, 0.15) is 11.7 Å². The van der Waals surface area contributed by atoms with Gasteiger partial charge in [0, 0.05) is 5.56 Å². The van der Waals surface area contributed by atoms with Gasteiger partial charge in [-0.05, 0) is 31.4 Å². The highest BCUT2D eigenvalue weighted by atomic mass is 16.4. The van der Waals surface area contributed by atoms with Crippen LogP contribution in [-0.2, 0) is 4.79 Å². The van der Waals surface area contributed by atoms with Crippen LogP contribution in [0.15, 0.2) is 24.3 Å². The second-order valence-corrected chi connectivity index (χ2v) is 6.02. The van der Waals surface area contributed by atoms with Crippen LogP contribution in [0.5, 0.6) is 0 Å². The summed E-state index contributed by atoms with van der Waals surface area (Å²) in [5.41, 5.74) is 4.05. The molecule has 2 aromatic rings. The summed E-state index contributed by atoms with van der Waals surface area (Å²) in [7, 11) is 0. The first-order chi connectivity index (χ1) is 10.8. The molecular formula is C17H21N3O3. The van der Waals surface area contributed by atoms with Crippen molar-refractivity contribution in [3.63, 3.8) is 0 Å². The highest BCUT2D eigenvalue weighted by Gasteiger charge is 2.24. The predicted octanol–water partition coefficient (Wildman–Crippen LogP) is 2.53. The van der Waals surface area contributed by atoms with Gasteiger partial charge in [0.15, 0.2) is 0 Å². The van der Waals surface area contributed by atoms with Crippen molar-refractivity contribution >= 4 is 11.9 Å². The Hall–Kier alpha value is -2.63. The zero-order valence-corrected chi connectivity index (χ0v) is 13.7. The molecule has 0 aliphatic heterocycles. The molecule has 6 nitrogen and oxygen atoms in total. The SMILES string of the molecule is Cc1ccc(-c2cc(C(=O)N[C@@H](C(=O)O)C(C)C)[nH]n2)c(C)c1. The topological polar surface area (TPSA) is 95.1 Å². The first kappa shape index (κ1) is 16.7. The van der Waals surface area contributed by atoms with E-state index in [4.69, 9.17) is 5.11 Å². The van der Waals surface area contributed by atoms with E-state index in [0.717, 1.165) is 16.7 Å². The number of benzene rings is 1. The van der Waals surface area contributed by atoms with Gasteiger partial charge in [-0.2, -0.15) is 5.10 Å². The number of carboxylic acids is 1. The van der Waals surface area contributed by atoms with Gasteiger partial charge in [-0.3, -0.25) is 9.89 Å². The van der Waals surface area contributed by atoms with Crippen LogP contribution in [0.4, 0.5) is 0 Å². The Morgan fingerprint density at radius 2 is 1.91 bits per heavy atom. The molecule has 1 amide bonds. The molecule has 122 valence electrons. The second kappa shape index (κ2) is 6.64. The Bertz CT molecular complexity index is 734. The molecule has 0 fully saturated rings. The molecule has 0 radical (unpaired) electrons. The monoisotopic (exact) mass is 315 g/mol. The molecule has 0 unspecified atom stereocenters. The lowest BCUT2D eigenvalue weighted by atomic mass is 10.0. The van der Waals surface area contributed by atoms with E-state index in [2.05, 4.69) is 15.5 Å². The summed E-state index contributed by atoms with van der Waals surface area (Å²) < 4.78 is 0. The molecule has 6 heteroatoms. The van der Waals surface area contributed by atoms with Crippen molar-refractivity contribution < 1.29 is 14.7 Å². The van der Waals surface area contributed by atoms with Crippen molar-refractivity contribution in [2.75, 3.05) is 0 Å². The minimum atomic E-state index is -1.05. The molecule has 3 N–H and O–H groups in total. The molecule has 0 saturated carbocycles. The summed E-state index contributed by atoms with van der Waals surface area (Å²) in [5.74, 6) is -1.74. The molecule has 23 heavy (non-hydrogen) atoms. The van der Waals surface area contributed by atoms with Gasteiger partial charge < -0.3 is 10.4 Å². The maximum Gasteiger partial charge on any atom is 0.326 e. The fourth-order valence-corrected chi connectivity index (χ4v) is 2.41. The van der Waals surface area contributed by atoms with E-state index >= 15 is 0 Å². The smallest absolute Gasteiger partial charge is 0.326 e. The molecule has 0 spiro atoms. The Morgan fingerprint density at radius 3 is 2.48 bits per heavy atom. The molecule has 1 aromatic heterocycles. The third kappa shape index (κ3) is 3.77. The number of carbonyl (C=O) groups is 2. The highest BCUT2D eigenvalue weighted by molar-refractivity contribution is 5.96.